The van der Waals surface area contributed by atoms with Gasteiger partial charge in [-0.15, -0.1) is 0 Å². The molecule has 1 saturated carbocycles. The molecule has 1 atom stereocenters. The summed E-state index contributed by atoms with van der Waals surface area (Å²) in [6, 6.07) is 9.84. The number of hydrogen-bond acceptors (Lipinski definition) is 2. The first kappa shape index (κ1) is 13.9. The van der Waals surface area contributed by atoms with Crippen LogP contribution in [-0.2, 0) is 6.54 Å². The van der Waals surface area contributed by atoms with Gasteiger partial charge in [-0.1, -0.05) is 25.0 Å². The molecule has 1 unspecified atom stereocenters. The molecule has 1 aromatic carbocycles. The van der Waals surface area contributed by atoms with Crippen molar-refractivity contribution in [1.29, 1.82) is 0 Å². The molecule has 1 N–H and O–H groups in total. The number of anilines is 1. The van der Waals surface area contributed by atoms with Crippen molar-refractivity contribution in [2.24, 2.45) is 5.92 Å². The van der Waals surface area contributed by atoms with Crippen LogP contribution in [0.15, 0.2) is 24.3 Å². The maximum absolute atomic E-state index is 3.66. The standard InChI is InChI=1S/C18H28N2/c1-15(13-16-5-6-16)19-14-17-7-9-18(10-8-17)20-11-3-2-4-12-20/h7-10,15-16,19H,2-6,11-14H2,1H3. The fourth-order valence-electron chi connectivity index (χ4n) is 3.21. The van der Waals surface area contributed by atoms with Gasteiger partial charge in [0.05, 0.1) is 0 Å². The molecule has 1 saturated heterocycles. The molecule has 1 aromatic rings. The summed E-state index contributed by atoms with van der Waals surface area (Å²) >= 11 is 0. The van der Waals surface area contributed by atoms with Crippen molar-refractivity contribution in [1.82, 2.24) is 5.32 Å². The second-order valence-corrected chi connectivity index (χ2v) is 6.68. The largest absolute Gasteiger partial charge is 0.372 e. The van der Waals surface area contributed by atoms with Crippen molar-refractivity contribution in [3.05, 3.63) is 29.8 Å². The highest BCUT2D eigenvalue weighted by molar-refractivity contribution is 5.47. The second kappa shape index (κ2) is 6.62. The highest BCUT2D eigenvalue weighted by atomic mass is 15.1. The van der Waals surface area contributed by atoms with Crippen LogP contribution in [0.2, 0.25) is 0 Å². The normalized spacial score (nSPS) is 20.9. The summed E-state index contributed by atoms with van der Waals surface area (Å²) in [7, 11) is 0. The lowest BCUT2D eigenvalue weighted by Gasteiger charge is -2.29. The van der Waals surface area contributed by atoms with E-state index >= 15 is 0 Å². The summed E-state index contributed by atoms with van der Waals surface area (Å²) < 4.78 is 0. The number of nitrogens with zero attached hydrogens (tertiary/aromatic N) is 1. The Morgan fingerprint density at radius 2 is 1.80 bits per heavy atom. The van der Waals surface area contributed by atoms with Crippen LogP contribution in [0.4, 0.5) is 5.69 Å². The minimum Gasteiger partial charge on any atom is -0.372 e. The predicted molar refractivity (Wildman–Crippen MR) is 86.1 cm³/mol. The Bertz CT molecular complexity index is 402. The van der Waals surface area contributed by atoms with Gasteiger partial charge in [-0.3, -0.25) is 0 Å². The molecule has 0 aromatic heterocycles. The number of benzene rings is 1. The number of piperidine rings is 1. The fourth-order valence-corrected chi connectivity index (χ4v) is 3.21. The number of rotatable bonds is 6. The zero-order chi connectivity index (χ0) is 13.8. The third kappa shape index (κ3) is 3.99. The van der Waals surface area contributed by atoms with Crippen molar-refractivity contribution in [2.45, 2.75) is 58.0 Å². The van der Waals surface area contributed by atoms with Gasteiger partial charge in [-0.25, -0.2) is 0 Å². The van der Waals surface area contributed by atoms with Crippen molar-refractivity contribution < 1.29 is 0 Å². The van der Waals surface area contributed by atoms with E-state index in [2.05, 4.69) is 41.4 Å². The van der Waals surface area contributed by atoms with E-state index in [1.54, 1.807) is 0 Å². The van der Waals surface area contributed by atoms with Crippen LogP contribution in [0.5, 0.6) is 0 Å². The Balaban J connectivity index is 1.47. The van der Waals surface area contributed by atoms with Gasteiger partial charge in [0.2, 0.25) is 0 Å². The van der Waals surface area contributed by atoms with Gasteiger partial charge in [-0.05, 0) is 56.2 Å². The molecule has 110 valence electrons. The second-order valence-electron chi connectivity index (χ2n) is 6.68. The topological polar surface area (TPSA) is 15.3 Å². The third-order valence-electron chi connectivity index (χ3n) is 4.70. The average Bonchev–Trinajstić information content (AvgIpc) is 3.31. The molecule has 0 bridgehead atoms. The molecule has 0 amide bonds. The van der Waals surface area contributed by atoms with Crippen LogP contribution in [-0.4, -0.2) is 19.1 Å². The van der Waals surface area contributed by atoms with Crippen LogP contribution in [0.25, 0.3) is 0 Å². The van der Waals surface area contributed by atoms with Gasteiger partial charge in [0.15, 0.2) is 0 Å². The van der Waals surface area contributed by atoms with Crippen LogP contribution in [0.3, 0.4) is 0 Å². The van der Waals surface area contributed by atoms with E-state index in [0.717, 1.165) is 12.5 Å². The van der Waals surface area contributed by atoms with Gasteiger partial charge in [0.25, 0.3) is 0 Å². The summed E-state index contributed by atoms with van der Waals surface area (Å²) in [6.07, 6.45) is 8.36. The monoisotopic (exact) mass is 272 g/mol. The molecule has 1 aliphatic carbocycles. The average molecular weight is 272 g/mol. The first-order valence-corrected chi connectivity index (χ1v) is 8.38. The molecule has 20 heavy (non-hydrogen) atoms. The molecule has 2 fully saturated rings. The van der Waals surface area contributed by atoms with Gasteiger partial charge in [0.1, 0.15) is 0 Å². The zero-order valence-corrected chi connectivity index (χ0v) is 12.8. The minimum atomic E-state index is 0.657. The van der Waals surface area contributed by atoms with E-state index in [9.17, 15) is 0 Å². The van der Waals surface area contributed by atoms with Gasteiger partial charge in [-0.2, -0.15) is 0 Å². The lowest BCUT2D eigenvalue weighted by Crippen LogP contribution is -2.29. The summed E-state index contributed by atoms with van der Waals surface area (Å²) in [5.41, 5.74) is 2.81. The van der Waals surface area contributed by atoms with Crippen molar-refractivity contribution in [2.75, 3.05) is 18.0 Å². The van der Waals surface area contributed by atoms with E-state index in [4.69, 9.17) is 0 Å². The molecular formula is C18H28N2. The first-order valence-electron chi connectivity index (χ1n) is 8.38. The quantitative estimate of drug-likeness (QED) is 0.843. The molecule has 2 nitrogen and oxygen atoms in total. The molecule has 2 aliphatic rings. The Morgan fingerprint density at radius 1 is 1.10 bits per heavy atom. The Morgan fingerprint density at radius 3 is 2.45 bits per heavy atom. The fraction of sp³-hybridized carbons (Fsp3) is 0.667. The van der Waals surface area contributed by atoms with E-state index in [-0.39, 0.29) is 0 Å². The lowest BCUT2D eigenvalue weighted by atomic mass is 10.1. The van der Waals surface area contributed by atoms with Crippen LogP contribution >= 0.6 is 0 Å². The maximum Gasteiger partial charge on any atom is 0.0366 e. The highest BCUT2D eigenvalue weighted by Crippen LogP contribution is 2.33. The highest BCUT2D eigenvalue weighted by Gasteiger charge is 2.23. The summed E-state index contributed by atoms with van der Waals surface area (Å²) in [6.45, 7) is 5.79. The van der Waals surface area contributed by atoms with Crippen LogP contribution in [0.1, 0.15) is 51.0 Å². The Hall–Kier alpha value is -1.02. The molecule has 0 spiro atoms. The minimum absolute atomic E-state index is 0.657. The Kier molecular flexibility index (Phi) is 4.62. The van der Waals surface area contributed by atoms with Gasteiger partial charge >= 0.3 is 0 Å². The molecule has 3 rings (SSSR count). The number of hydrogen-bond donors (Lipinski definition) is 1. The lowest BCUT2D eigenvalue weighted by molar-refractivity contribution is 0.487. The van der Waals surface area contributed by atoms with Crippen LogP contribution < -0.4 is 10.2 Å². The molecule has 1 heterocycles. The Labute approximate surface area is 123 Å². The SMILES string of the molecule is CC(CC1CC1)NCc1ccc(N2CCCCC2)cc1. The van der Waals surface area contributed by atoms with Crippen LogP contribution in [0, 0.1) is 5.92 Å². The molecule has 2 heteroatoms. The van der Waals surface area contributed by atoms with Crippen molar-refractivity contribution in [3.63, 3.8) is 0 Å². The van der Waals surface area contributed by atoms with E-state index in [1.807, 2.05) is 0 Å². The van der Waals surface area contributed by atoms with Gasteiger partial charge in [0, 0.05) is 31.4 Å². The number of nitrogens with one attached hydrogen (secondary N) is 1. The molecule has 1 aliphatic heterocycles. The zero-order valence-electron chi connectivity index (χ0n) is 12.8. The van der Waals surface area contributed by atoms with Crippen molar-refractivity contribution >= 4 is 5.69 Å². The van der Waals surface area contributed by atoms with E-state index in [0.29, 0.717) is 6.04 Å². The summed E-state index contributed by atoms with van der Waals surface area (Å²) in [4.78, 5) is 2.52. The van der Waals surface area contributed by atoms with E-state index < -0.39 is 0 Å². The maximum atomic E-state index is 3.66. The summed E-state index contributed by atoms with van der Waals surface area (Å²) in [5, 5.41) is 3.66. The summed E-state index contributed by atoms with van der Waals surface area (Å²) in [5.74, 6) is 1.01. The molecular weight excluding hydrogens is 244 g/mol. The molecule has 0 radical (unpaired) electrons. The van der Waals surface area contributed by atoms with E-state index in [1.165, 1.54) is 62.9 Å². The van der Waals surface area contributed by atoms with Crippen molar-refractivity contribution in [3.8, 4) is 0 Å². The third-order valence-corrected chi connectivity index (χ3v) is 4.70. The van der Waals surface area contributed by atoms with Gasteiger partial charge < -0.3 is 10.2 Å². The smallest absolute Gasteiger partial charge is 0.0366 e. The first-order chi connectivity index (χ1) is 9.81. The predicted octanol–water partition coefficient (Wildman–Crippen LogP) is 3.96.